The van der Waals surface area contributed by atoms with Crippen molar-refractivity contribution in [2.75, 3.05) is 20.2 Å². The van der Waals surface area contributed by atoms with Crippen LogP contribution in [0.2, 0.25) is 10.0 Å². The summed E-state index contributed by atoms with van der Waals surface area (Å²) in [5, 5.41) is 8.91. The Bertz CT molecular complexity index is 1400. The summed E-state index contributed by atoms with van der Waals surface area (Å²) in [7, 11) is 1.57. The number of aromatic nitrogens is 4. The number of H-pyrrole nitrogens is 1. The van der Waals surface area contributed by atoms with Crippen molar-refractivity contribution in [3.63, 3.8) is 0 Å². The first-order valence-electron chi connectivity index (χ1n) is 10.8. The normalized spacial score (nSPS) is 14.6. The topological polar surface area (TPSA) is 106 Å². The molecular weight excluding hydrogens is 481 g/mol. The summed E-state index contributed by atoms with van der Waals surface area (Å²) in [6, 6.07) is 10.5. The number of carbonyl (C=O) groups is 1. The highest BCUT2D eigenvalue weighted by Crippen LogP contribution is 2.29. The molecule has 1 amide bonds. The fraction of sp³-hybridized carbons (Fsp3) is 0.304. The van der Waals surface area contributed by atoms with Crippen molar-refractivity contribution < 1.29 is 13.9 Å². The molecule has 2 aromatic heterocycles. The Morgan fingerprint density at radius 2 is 1.91 bits per heavy atom. The van der Waals surface area contributed by atoms with E-state index in [9.17, 15) is 9.59 Å². The van der Waals surface area contributed by atoms with Crippen LogP contribution in [-0.2, 0) is 11.2 Å². The third kappa shape index (κ3) is 4.28. The molecule has 0 unspecified atom stereocenters. The van der Waals surface area contributed by atoms with E-state index in [1.165, 1.54) is 0 Å². The summed E-state index contributed by atoms with van der Waals surface area (Å²) >= 11 is 12.1. The molecule has 11 heteroatoms. The molecule has 4 aromatic rings. The van der Waals surface area contributed by atoms with Gasteiger partial charge in [-0.2, -0.15) is 0 Å². The summed E-state index contributed by atoms with van der Waals surface area (Å²) < 4.78 is 12.8. The molecule has 1 saturated heterocycles. The Morgan fingerprint density at radius 1 is 1.18 bits per heavy atom. The van der Waals surface area contributed by atoms with Gasteiger partial charge in [0.05, 0.1) is 12.6 Å². The molecule has 5 rings (SSSR count). The zero-order valence-electron chi connectivity index (χ0n) is 18.3. The summed E-state index contributed by atoms with van der Waals surface area (Å²) in [6.45, 7) is 1.05. The largest absolute Gasteiger partial charge is 0.494 e. The molecule has 9 nitrogen and oxygen atoms in total. The summed E-state index contributed by atoms with van der Waals surface area (Å²) in [4.78, 5) is 30.1. The predicted octanol–water partition coefficient (Wildman–Crippen LogP) is 4.10. The number of rotatable bonds is 5. The van der Waals surface area contributed by atoms with Crippen LogP contribution in [0.25, 0.3) is 22.5 Å². The summed E-state index contributed by atoms with van der Waals surface area (Å²) in [5.41, 5.74) is 1.89. The van der Waals surface area contributed by atoms with Gasteiger partial charge in [-0.05, 0) is 43.2 Å². The van der Waals surface area contributed by atoms with E-state index >= 15 is 0 Å². The van der Waals surface area contributed by atoms with Crippen molar-refractivity contribution in [3.05, 3.63) is 62.8 Å². The van der Waals surface area contributed by atoms with Gasteiger partial charge < -0.3 is 19.0 Å². The maximum Gasteiger partial charge on any atom is 0.326 e. The van der Waals surface area contributed by atoms with Gasteiger partial charge >= 0.3 is 5.69 Å². The van der Waals surface area contributed by atoms with Crippen LogP contribution in [0.1, 0.15) is 24.8 Å². The van der Waals surface area contributed by atoms with E-state index in [0.29, 0.717) is 52.8 Å². The number of fused-ring (bicyclic) bond motifs is 1. The van der Waals surface area contributed by atoms with Crippen LogP contribution in [0.5, 0.6) is 5.75 Å². The minimum Gasteiger partial charge on any atom is -0.494 e. The number of carbonyl (C=O) groups excluding carboxylic acids is 1. The summed E-state index contributed by atoms with van der Waals surface area (Å²) in [6.07, 6.45) is 1.31. The first kappa shape index (κ1) is 22.5. The van der Waals surface area contributed by atoms with Gasteiger partial charge in [-0.25, -0.2) is 4.79 Å². The standard InChI is InChI=1S/C23H21Cl2N5O4/c1-33-18-4-2-3-17-21(18)26-23(32)30(17)16-5-7-29(8-6-16)20(31)12-19-27-28-22(34-19)13-9-14(24)11-15(25)10-13/h2-4,9-11,16H,5-8,12H2,1H3,(H,26,32). The van der Waals surface area contributed by atoms with Crippen LogP contribution in [0.4, 0.5) is 0 Å². The van der Waals surface area contributed by atoms with Crippen LogP contribution >= 0.6 is 23.2 Å². The first-order valence-corrected chi connectivity index (χ1v) is 11.5. The van der Waals surface area contributed by atoms with Gasteiger partial charge in [-0.1, -0.05) is 29.3 Å². The number of methoxy groups -OCH3 is 1. The zero-order valence-corrected chi connectivity index (χ0v) is 19.8. The molecule has 2 aromatic carbocycles. The minimum absolute atomic E-state index is 0.00377. The maximum absolute atomic E-state index is 12.8. The van der Waals surface area contributed by atoms with Gasteiger partial charge in [0.25, 0.3) is 0 Å². The van der Waals surface area contributed by atoms with Gasteiger partial charge in [0.1, 0.15) is 17.7 Å². The molecule has 0 atom stereocenters. The molecule has 0 aliphatic carbocycles. The van der Waals surface area contributed by atoms with E-state index in [1.54, 1.807) is 34.8 Å². The number of nitrogens with one attached hydrogen (secondary N) is 1. The van der Waals surface area contributed by atoms with E-state index in [4.69, 9.17) is 32.4 Å². The van der Waals surface area contributed by atoms with Crippen molar-refractivity contribution in [2.45, 2.75) is 25.3 Å². The predicted molar refractivity (Wildman–Crippen MR) is 127 cm³/mol. The summed E-state index contributed by atoms with van der Waals surface area (Å²) in [5.74, 6) is 0.990. The Morgan fingerprint density at radius 3 is 2.62 bits per heavy atom. The Kier molecular flexibility index (Phi) is 6.05. The SMILES string of the molecule is COc1cccc2c1[nH]c(=O)n2C1CCN(C(=O)Cc2nnc(-c3cc(Cl)cc(Cl)c3)o2)CC1. The second-order valence-electron chi connectivity index (χ2n) is 8.10. The van der Waals surface area contributed by atoms with E-state index in [0.717, 1.165) is 5.52 Å². The molecular formula is C23H21Cl2N5O4. The van der Waals surface area contributed by atoms with E-state index in [1.807, 2.05) is 18.2 Å². The van der Waals surface area contributed by atoms with Gasteiger partial charge in [0.15, 0.2) is 0 Å². The van der Waals surface area contributed by atoms with Crippen molar-refractivity contribution in [1.82, 2.24) is 24.6 Å². The molecule has 1 aliphatic rings. The average molecular weight is 502 g/mol. The molecule has 0 bridgehead atoms. The monoisotopic (exact) mass is 501 g/mol. The molecule has 1 fully saturated rings. The van der Waals surface area contributed by atoms with Gasteiger partial charge in [0.2, 0.25) is 17.7 Å². The third-order valence-corrected chi connectivity index (χ3v) is 6.43. The lowest BCUT2D eigenvalue weighted by atomic mass is 10.0. The number of aromatic amines is 1. The molecule has 1 aliphatic heterocycles. The Balaban J connectivity index is 1.25. The number of piperidine rings is 1. The zero-order chi connectivity index (χ0) is 23.8. The average Bonchev–Trinajstić information content (AvgIpc) is 3.42. The number of halogens is 2. The molecule has 34 heavy (non-hydrogen) atoms. The highest BCUT2D eigenvalue weighted by atomic mass is 35.5. The second kappa shape index (κ2) is 9.15. The highest BCUT2D eigenvalue weighted by molar-refractivity contribution is 6.35. The number of imidazole rings is 1. The highest BCUT2D eigenvalue weighted by Gasteiger charge is 2.27. The first-order chi connectivity index (χ1) is 16.4. The van der Waals surface area contributed by atoms with Gasteiger partial charge in [-0.15, -0.1) is 10.2 Å². The van der Waals surface area contributed by atoms with Crippen LogP contribution in [-0.4, -0.2) is 50.8 Å². The maximum atomic E-state index is 12.8. The van der Waals surface area contributed by atoms with Crippen molar-refractivity contribution in [1.29, 1.82) is 0 Å². The Hall–Kier alpha value is -3.30. The molecule has 176 valence electrons. The fourth-order valence-corrected chi connectivity index (χ4v) is 4.91. The quantitative estimate of drug-likeness (QED) is 0.441. The van der Waals surface area contributed by atoms with E-state index in [-0.39, 0.29) is 35.8 Å². The van der Waals surface area contributed by atoms with Crippen LogP contribution in [0.3, 0.4) is 0 Å². The Labute approximate surface area is 204 Å². The van der Waals surface area contributed by atoms with E-state index in [2.05, 4.69) is 15.2 Å². The van der Waals surface area contributed by atoms with Gasteiger partial charge in [-0.3, -0.25) is 9.36 Å². The van der Waals surface area contributed by atoms with Crippen molar-refractivity contribution >= 4 is 40.1 Å². The van der Waals surface area contributed by atoms with Crippen molar-refractivity contribution in [2.24, 2.45) is 0 Å². The number of amides is 1. The molecule has 1 N–H and O–H groups in total. The van der Waals surface area contributed by atoms with Crippen LogP contribution in [0, 0.1) is 0 Å². The lowest BCUT2D eigenvalue weighted by molar-refractivity contribution is -0.132. The van der Waals surface area contributed by atoms with E-state index < -0.39 is 0 Å². The smallest absolute Gasteiger partial charge is 0.326 e. The molecule has 0 radical (unpaired) electrons. The number of ether oxygens (including phenoxy) is 1. The van der Waals surface area contributed by atoms with Crippen LogP contribution in [0.15, 0.2) is 45.6 Å². The second-order valence-corrected chi connectivity index (χ2v) is 8.98. The lowest BCUT2D eigenvalue weighted by Gasteiger charge is -2.32. The number of para-hydroxylation sites is 1. The van der Waals surface area contributed by atoms with Gasteiger partial charge in [0, 0.05) is 34.7 Å². The van der Waals surface area contributed by atoms with Crippen LogP contribution < -0.4 is 10.4 Å². The lowest BCUT2D eigenvalue weighted by Crippen LogP contribution is -2.41. The minimum atomic E-state index is -0.177. The van der Waals surface area contributed by atoms with Crippen molar-refractivity contribution in [3.8, 4) is 17.2 Å². The number of hydrogen-bond acceptors (Lipinski definition) is 6. The number of hydrogen-bond donors (Lipinski definition) is 1. The third-order valence-electron chi connectivity index (χ3n) is 6.00. The number of benzene rings is 2. The molecule has 0 spiro atoms. The molecule has 3 heterocycles. The fourth-order valence-electron chi connectivity index (χ4n) is 4.39. The molecule has 0 saturated carbocycles. The number of likely N-dealkylation sites (tertiary alicyclic amines) is 1. The number of nitrogens with zero attached hydrogens (tertiary/aromatic N) is 4.